The lowest BCUT2D eigenvalue weighted by Gasteiger charge is -2.25. The van der Waals surface area contributed by atoms with Crippen molar-refractivity contribution in [1.82, 2.24) is 15.5 Å². The van der Waals surface area contributed by atoms with Gasteiger partial charge in [-0.05, 0) is 54.7 Å². The minimum atomic E-state index is -0.217. The number of nitrogens with zero attached hydrogens (tertiary/aromatic N) is 1. The molecular weight excluding hydrogens is 494 g/mol. The Morgan fingerprint density at radius 2 is 1.69 bits per heavy atom. The van der Waals surface area contributed by atoms with Gasteiger partial charge in [-0.2, -0.15) is 0 Å². The van der Waals surface area contributed by atoms with Gasteiger partial charge in [0.15, 0.2) is 0 Å². The van der Waals surface area contributed by atoms with Crippen molar-refractivity contribution in [2.75, 3.05) is 33.9 Å². The first-order chi connectivity index (χ1) is 19.1. The van der Waals surface area contributed by atoms with Gasteiger partial charge in [0, 0.05) is 43.4 Å². The van der Waals surface area contributed by atoms with E-state index in [-0.39, 0.29) is 18.4 Å². The number of rotatable bonds is 7. The van der Waals surface area contributed by atoms with Gasteiger partial charge in [-0.15, -0.1) is 0 Å². The predicted octanol–water partition coefficient (Wildman–Crippen LogP) is 4.31. The molecule has 0 atom stereocenters. The van der Waals surface area contributed by atoms with Crippen LogP contribution < -0.4 is 24.8 Å². The zero-order valence-corrected chi connectivity index (χ0v) is 22.7. The van der Waals surface area contributed by atoms with Crippen LogP contribution in [0.4, 0.5) is 0 Å². The maximum absolute atomic E-state index is 13.5. The van der Waals surface area contributed by atoms with Crippen LogP contribution >= 0.6 is 0 Å². The van der Waals surface area contributed by atoms with Crippen molar-refractivity contribution in [3.05, 3.63) is 89.0 Å². The van der Waals surface area contributed by atoms with E-state index in [0.717, 1.165) is 36.0 Å². The molecule has 2 N–H and O–H groups in total. The van der Waals surface area contributed by atoms with Gasteiger partial charge in [-0.3, -0.25) is 14.5 Å². The Labute approximate surface area is 230 Å². The fourth-order valence-electron chi connectivity index (χ4n) is 4.63. The minimum Gasteiger partial charge on any atom is -0.497 e. The van der Waals surface area contributed by atoms with Gasteiger partial charge in [0.2, 0.25) is 5.91 Å². The molecule has 2 amide bonds. The van der Waals surface area contributed by atoms with E-state index in [0.29, 0.717) is 55.6 Å². The molecule has 0 spiro atoms. The number of nitrogens with one attached hydrogen (secondary N) is 2. The van der Waals surface area contributed by atoms with E-state index < -0.39 is 0 Å². The SMILES string of the molecule is COc1cc(CNC(=O)c2cccc3c2CN(Cc2ccccc2)CC(=O)NCCCCCO3)cc(OC)c1. The van der Waals surface area contributed by atoms with E-state index in [2.05, 4.69) is 15.5 Å². The molecule has 1 aliphatic rings. The maximum atomic E-state index is 13.5. The maximum Gasteiger partial charge on any atom is 0.252 e. The van der Waals surface area contributed by atoms with Crippen LogP contribution in [0.2, 0.25) is 0 Å². The monoisotopic (exact) mass is 531 g/mol. The summed E-state index contributed by atoms with van der Waals surface area (Å²) in [6, 6.07) is 21.1. The summed E-state index contributed by atoms with van der Waals surface area (Å²) in [5.74, 6) is 1.74. The van der Waals surface area contributed by atoms with Crippen molar-refractivity contribution in [3.8, 4) is 17.2 Å². The molecule has 3 aromatic carbocycles. The van der Waals surface area contributed by atoms with Crippen LogP contribution in [0.1, 0.15) is 46.3 Å². The largest absolute Gasteiger partial charge is 0.497 e. The quantitative estimate of drug-likeness (QED) is 0.472. The van der Waals surface area contributed by atoms with E-state index in [1.807, 2.05) is 60.7 Å². The number of methoxy groups -OCH3 is 2. The molecule has 0 unspecified atom stereocenters. The highest BCUT2D eigenvalue weighted by Gasteiger charge is 2.21. The molecule has 0 fully saturated rings. The van der Waals surface area contributed by atoms with Crippen LogP contribution in [0, 0.1) is 0 Å². The summed E-state index contributed by atoms with van der Waals surface area (Å²) in [6.45, 7) is 2.66. The van der Waals surface area contributed by atoms with Gasteiger partial charge in [0.1, 0.15) is 17.2 Å². The number of hydrogen-bond acceptors (Lipinski definition) is 6. The van der Waals surface area contributed by atoms with Gasteiger partial charge in [0.05, 0.1) is 27.4 Å². The van der Waals surface area contributed by atoms with Crippen LogP contribution in [0.5, 0.6) is 17.2 Å². The number of carbonyl (C=O) groups excluding carboxylic acids is 2. The standard InChI is InChI=1S/C31H37N3O5/c1-37-25-16-24(17-26(18-25)38-2)19-33-31(36)27-12-9-13-29-28(27)21-34(20-23-10-5-3-6-11-23)22-30(35)32-14-7-4-8-15-39-29/h3,5-6,9-13,16-18H,4,7-8,14-15,19-22H2,1-2H3,(H,32,35)(H,33,36). The van der Waals surface area contributed by atoms with Crippen LogP contribution in [0.15, 0.2) is 66.7 Å². The Balaban J connectivity index is 1.61. The summed E-state index contributed by atoms with van der Waals surface area (Å²) in [7, 11) is 3.19. The molecular formula is C31H37N3O5. The first-order valence-electron chi connectivity index (χ1n) is 13.3. The zero-order chi connectivity index (χ0) is 27.5. The van der Waals surface area contributed by atoms with E-state index >= 15 is 0 Å². The average Bonchev–Trinajstić information content (AvgIpc) is 2.97. The van der Waals surface area contributed by atoms with E-state index in [1.54, 1.807) is 20.3 Å². The molecule has 0 aromatic heterocycles. The number of amides is 2. The first-order valence-corrected chi connectivity index (χ1v) is 13.3. The summed E-state index contributed by atoms with van der Waals surface area (Å²) in [5, 5.41) is 6.07. The molecule has 1 aliphatic heterocycles. The minimum absolute atomic E-state index is 0.0263. The van der Waals surface area contributed by atoms with Crippen LogP contribution in [-0.4, -0.2) is 50.6 Å². The number of hydrogen-bond donors (Lipinski definition) is 2. The second kappa shape index (κ2) is 14.2. The fraction of sp³-hybridized carbons (Fsp3) is 0.355. The molecule has 0 saturated carbocycles. The normalized spacial score (nSPS) is 14.9. The van der Waals surface area contributed by atoms with Crippen molar-refractivity contribution in [1.29, 1.82) is 0 Å². The van der Waals surface area contributed by atoms with Crippen molar-refractivity contribution in [2.45, 2.75) is 38.9 Å². The smallest absolute Gasteiger partial charge is 0.252 e. The molecule has 39 heavy (non-hydrogen) atoms. The first kappa shape index (κ1) is 28.0. The van der Waals surface area contributed by atoms with Crippen molar-refractivity contribution < 1.29 is 23.8 Å². The summed E-state index contributed by atoms with van der Waals surface area (Å²) < 4.78 is 16.9. The summed E-state index contributed by atoms with van der Waals surface area (Å²) >= 11 is 0. The number of ether oxygens (including phenoxy) is 3. The molecule has 8 heteroatoms. The van der Waals surface area contributed by atoms with Crippen molar-refractivity contribution in [3.63, 3.8) is 0 Å². The molecule has 0 bridgehead atoms. The summed E-state index contributed by atoms with van der Waals surface area (Å²) in [4.78, 5) is 28.4. The molecule has 0 saturated heterocycles. The predicted molar refractivity (Wildman–Crippen MR) is 150 cm³/mol. The molecule has 206 valence electrons. The lowest BCUT2D eigenvalue weighted by atomic mass is 10.0. The summed E-state index contributed by atoms with van der Waals surface area (Å²) in [6.07, 6.45) is 2.73. The highest BCUT2D eigenvalue weighted by molar-refractivity contribution is 5.96. The van der Waals surface area contributed by atoms with E-state index in [9.17, 15) is 9.59 Å². The third-order valence-electron chi connectivity index (χ3n) is 6.64. The molecule has 0 radical (unpaired) electrons. The number of fused-ring (bicyclic) bond motifs is 1. The molecule has 4 rings (SSSR count). The summed E-state index contributed by atoms with van der Waals surface area (Å²) in [5.41, 5.74) is 3.23. The third-order valence-corrected chi connectivity index (χ3v) is 6.64. The lowest BCUT2D eigenvalue weighted by Crippen LogP contribution is -2.37. The van der Waals surface area contributed by atoms with Gasteiger partial charge < -0.3 is 24.8 Å². The molecule has 0 aliphatic carbocycles. The third kappa shape index (κ3) is 8.22. The lowest BCUT2D eigenvalue weighted by molar-refractivity contribution is -0.122. The van der Waals surface area contributed by atoms with E-state index in [1.165, 1.54) is 0 Å². The van der Waals surface area contributed by atoms with Crippen LogP contribution in [0.25, 0.3) is 0 Å². The van der Waals surface area contributed by atoms with Gasteiger partial charge in [-0.1, -0.05) is 36.4 Å². The highest BCUT2D eigenvalue weighted by atomic mass is 16.5. The Morgan fingerprint density at radius 1 is 0.923 bits per heavy atom. The molecule has 1 heterocycles. The van der Waals surface area contributed by atoms with Crippen LogP contribution in [-0.2, 0) is 24.4 Å². The average molecular weight is 532 g/mol. The Kier molecular flexibility index (Phi) is 10.2. The fourth-order valence-corrected chi connectivity index (χ4v) is 4.63. The number of carbonyl (C=O) groups is 2. The van der Waals surface area contributed by atoms with Crippen molar-refractivity contribution in [2.24, 2.45) is 0 Å². The highest BCUT2D eigenvalue weighted by Crippen LogP contribution is 2.27. The Hall–Kier alpha value is -4.04. The van der Waals surface area contributed by atoms with Gasteiger partial charge in [-0.25, -0.2) is 0 Å². The topological polar surface area (TPSA) is 89.1 Å². The van der Waals surface area contributed by atoms with Crippen LogP contribution in [0.3, 0.4) is 0 Å². The van der Waals surface area contributed by atoms with Crippen molar-refractivity contribution >= 4 is 11.8 Å². The Morgan fingerprint density at radius 3 is 2.44 bits per heavy atom. The molecule has 8 nitrogen and oxygen atoms in total. The second-order valence-electron chi connectivity index (χ2n) is 9.58. The Bertz CT molecular complexity index is 1230. The van der Waals surface area contributed by atoms with E-state index in [4.69, 9.17) is 14.2 Å². The molecule has 3 aromatic rings. The number of benzene rings is 3. The van der Waals surface area contributed by atoms with Gasteiger partial charge in [0.25, 0.3) is 5.91 Å². The second-order valence-corrected chi connectivity index (χ2v) is 9.58. The zero-order valence-electron chi connectivity index (χ0n) is 22.7. The van der Waals surface area contributed by atoms with Gasteiger partial charge >= 0.3 is 0 Å².